The lowest BCUT2D eigenvalue weighted by Crippen LogP contribution is -2.34. The highest BCUT2D eigenvalue weighted by Crippen LogP contribution is 2.35. The highest BCUT2D eigenvalue weighted by atomic mass is 16.5. The molecule has 2 fully saturated rings. The third-order valence-electron chi connectivity index (χ3n) is 3.39. The summed E-state index contributed by atoms with van der Waals surface area (Å²) in [5.74, 6) is 0.964. The van der Waals surface area contributed by atoms with E-state index in [1.54, 1.807) is 0 Å². The maximum Gasteiger partial charge on any atom is 0.0590 e. The molecule has 14 heavy (non-hydrogen) atoms. The van der Waals surface area contributed by atoms with Gasteiger partial charge < -0.3 is 10.1 Å². The van der Waals surface area contributed by atoms with Gasteiger partial charge in [0, 0.05) is 12.6 Å². The molecule has 2 heteroatoms. The molecule has 0 aromatic carbocycles. The molecule has 0 bridgehead atoms. The molecule has 1 saturated carbocycles. The van der Waals surface area contributed by atoms with Crippen LogP contribution in [0.25, 0.3) is 0 Å². The van der Waals surface area contributed by atoms with Crippen LogP contribution >= 0.6 is 0 Å². The van der Waals surface area contributed by atoms with Crippen LogP contribution in [-0.2, 0) is 4.74 Å². The molecule has 0 radical (unpaired) electrons. The van der Waals surface area contributed by atoms with Crippen LogP contribution in [0.3, 0.4) is 0 Å². The van der Waals surface area contributed by atoms with Gasteiger partial charge in [0.15, 0.2) is 0 Å². The van der Waals surface area contributed by atoms with Crippen LogP contribution in [0, 0.1) is 5.92 Å². The van der Waals surface area contributed by atoms with Gasteiger partial charge in [-0.05, 0) is 51.0 Å². The van der Waals surface area contributed by atoms with Crippen molar-refractivity contribution in [2.75, 3.05) is 13.2 Å². The first kappa shape index (κ1) is 10.4. The smallest absolute Gasteiger partial charge is 0.0590 e. The molecule has 0 aromatic rings. The van der Waals surface area contributed by atoms with Crippen molar-refractivity contribution in [3.8, 4) is 0 Å². The average molecular weight is 197 g/mol. The largest absolute Gasteiger partial charge is 0.378 e. The summed E-state index contributed by atoms with van der Waals surface area (Å²) in [5.41, 5.74) is 0. The first-order valence-electron chi connectivity index (χ1n) is 6.25. The maximum absolute atomic E-state index is 5.70. The summed E-state index contributed by atoms with van der Waals surface area (Å²) in [6, 6.07) is 0.748. The van der Waals surface area contributed by atoms with Crippen molar-refractivity contribution in [2.24, 2.45) is 5.92 Å². The van der Waals surface area contributed by atoms with Crippen LogP contribution in [0.15, 0.2) is 0 Å². The lowest BCUT2D eigenvalue weighted by atomic mass is 10.0. The zero-order chi connectivity index (χ0) is 9.80. The Kier molecular flexibility index (Phi) is 3.82. The van der Waals surface area contributed by atoms with Crippen LogP contribution in [0.5, 0.6) is 0 Å². The van der Waals surface area contributed by atoms with Gasteiger partial charge in [-0.25, -0.2) is 0 Å². The van der Waals surface area contributed by atoms with E-state index in [4.69, 9.17) is 4.74 Å². The Balaban J connectivity index is 1.71. The van der Waals surface area contributed by atoms with Crippen molar-refractivity contribution in [3.63, 3.8) is 0 Å². The molecule has 2 aliphatic rings. The molecule has 2 rings (SSSR count). The van der Waals surface area contributed by atoms with Gasteiger partial charge in [-0.1, -0.05) is 6.92 Å². The maximum atomic E-state index is 5.70. The lowest BCUT2D eigenvalue weighted by molar-refractivity contribution is 0.0921. The third-order valence-corrected chi connectivity index (χ3v) is 3.39. The summed E-state index contributed by atoms with van der Waals surface area (Å²) in [7, 11) is 0. The van der Waals surface area contributed by atoms with E-state index in [1.807, 2.05) is 0 Å². The van der Waals surface area contributed by atoms with Gasteiger partial charge in [0.2, 0.25) is 0 Å². The van der Waals surface area contributed by atoms with E-state index in [9.17, 15) is 0 Å². The van der Waals surface area contributed by atoms with Crippen molar-refractivity contribution in [1.82, 2.24) is 5.32 Å². The van der Waals surface area contributed by atoms with Crippen molar-refractivity contribution in [1.29, 1.82) is 0 Å². The van der Waals surface area contributed by atoms with Crippen LogP contribution in [0.2, 0.25) is 0 Å². The summed E-state index contributed by atoms with van der Waals surface area (Å²) in [6.07, 6.45) is 8.50. The number of nitrogens with one attached hydrogen (secondary N) is 1. The molecule has 1 saturated heterocycles. The van der Waals surface area contributed by atoms with Gasteiger partial charge in [-0.15, -0.1) is 0 Å². The number of hydrogen-bond donors (Lipinski definition) is 1. The van der Waals surface area contributed by atoms with Crippen LogP contribution in [0.4, 0.5) is 0 Å². The quantitative estimate of drug-likeness (QED) is 0.705. The van der Waals surface area contributed by atoms with Gasteiger partial charge in [0.1, 0.15) is 0 Å². The van der Waals surface area contributed by atoms with E-state index in [0.717, 1.165) is 18.6 Å². The second kappa shape index (κ2) is 5.13. The summed E-state index contributed by atoms with van der Waals surface area (Å²) in [6.45, 7) is 4.41. The number of ether oxygens (including phenoxy) is 1. The molecule has 2 nitrogen and oxygen atoms in total. The Bertz CT molecular complexity index is 162. The van der Waals surface area contributed by atoms with E-state index in [-0.39, 0.29) is 0 Å². The second-order valence-corrected chi connectivity index (χ2v) is 4.77. The highest BCUT2D eigenvalue weighted by molar-refractivity contribution is 4.88. The number of rotatable bonds is 6. The highest BCUT2D eigenvalue weighted by Gasteiger charge is 2.33. The Morgan fingerprint density at radius 3 is 2.79 bits per heavy atom. The average Bonchev–Trinajstić information content (AvgIpc) is 2.92. The van der Waals surface area contributed by atoms with Gasteiger partial charge in [0.05, 0.1) is 6.10 Å². The van der Waals surface area contributed by atoms with Gasteiger partial charge in [0.25, 0.3) is 0 Å². The summed E-state index contributed by atoms with van der Waals surface area (Å²) < 4.78 is 5.70. The van der Waals surface area contributed by atoms with Crippen LogP contribution < -0.4 is 5.32 Å². The standard InChI is InChI=1S/C12H23NO/c1-2-7-13-12(10-5-6-10)9-11-4-3-8-14-11/h10-13H,2-9H2,1H3. The van der Waals surface area contributed by atoms with E-state index in [1.165, 1.54) is 45.1 Å². The Morgan fingerprint density at radius 2 is 2.21 bits per heavy atom. The molecule has 1 aliphatic carbocycles. The molecule has 2 atom stereocenters. The molecular weight excluding hydrogens is 174 g/mol. The van der Waals surface area contributed by atoms with E-state index in [2.05, 4.69) is 12.2 Å². The summed E-state index contributed by atoms with van der Waals surface area (Å²) in [4.78, 5) is 0. The molecule has 0 spiro atoms. The van der Waals surface area contributed by atoms with E-state index >= 15 is 0 Å². The van der Waals surface area contributed by atoms with Crippen molar-refractivity contribution >= 4 is 0 Å². The molecular formula is C12H23NO. The zero-order valence-corrected chi connectivity index (χ0v) is 9.30. The summed E-state index contributed by atoms with van der Waals surface area (Å²) in [5, 5.41) is 3.68. The van der Waals surface area contributed by atoms with Crippen LogP contribution in [0.1, 0.15) is 45.4 Å². The van der Waals surface area contributed by atoms with Crippen LogP contribution in [-0.4, -0.2) is 25.3 Å². The fraction of sp³-hybridized carbons (Fsp3) is 1.00. The molecule has 1 N–H and O–H groups in total. The molecule has 1 heterocycles. The van der Waals surface area contributed by atoms with Crippen molar-refractivity contribution in [2.45, 2.75) is 57.6 Å². The minimum Gasteiger partial charge on any atom is -0.378 e. The van der Waals surface area contributed by atoms with E-state index in [0.29, 0.717) is 6.10 Å². The topological polar surface area (TPSA) is 21.3 Å². The Hall–Kier alpha value is -0.0800. The minimum absolute atomic E-state index is 0.560. The van der Waals surface area contributed by atoms with Gasteiger partial charge in [-0.3, -0.25) is 0 Å². The van der Waals surface area contributed by atoms with Crippen molar-refractivity contribution in [3.05, 3.63) is 0 Å². The number of hydrogen-bond acceptors (Lipinski definition) is 2. The van der Waals surface area contributed by atoms with Gasteiger partial charge >= 0.3 is 0 Å². The first-order chi connectivity index (χ1) is 6.90. The minimum atomic E-state index is 0.560. The normalized spacial score (nSPS) is 29.4. The third kappa shape index (κ3) is 2.96. The molecule has 82 valence electrons. The van der Waals surface area contributed by atoms with Crippen molar-refractivity contribution < 1.29 is 4.74 Å². The second-order valence-electron chi connectivity index (χ2n) is 4.77. The molecule has 1 aliphatic heterocycles. The summed E-state index contributed by atoms with van der Waals surface area (Å²) >= 11 is 0. The molecule has 0 aromatic heterocycles. The van der Waals surface area contributed by atoms with E-state index < -0.39 is 0 Å². The first-order valence-corrected chi connectivity index (χ1v) is 6.25. The zero-order valence-electron chi connectivity index (χ0n) is 9.30. The monoisotopic (exact) mass is 197 g/mol. The predicted molar refractivity (Wildman–Crippen MR) is 58.4 cm³/mol. The molecule has 2 unspecified atom stereocenters. The predicted octanol–water partition coefficient (Wildman–Crippen LogP) is 2.33. The Morgan fingerprint density at radius 1 is 1.36 bits per heavy atom. The van der Waals surface area contributed by atoms with Gasteiger partial charge in [-0.2, -0.15) is 0 Å². The lowest BCUT2D eigenvalue weighted by Gasteiger charge is -2.21. The molecule has 0 amide bonds. The Labute approximate surface area is 87.4 Å². The fourth-order valence-electron chi connectivity index (χ4n) is 2.38. The fourth-order valence-corrected chi connectivity index (χ4v) is 2.38. The SMILES string of the molecule is CCCNC(CC1CCCO1)C1CC1.